The minimum Gasteiger partial charge on any atom is -0.334 e. The Kier molecular flexibility index (Phi) is 4.74. The summed E-state index contributed by atoms with van der Waals surface area (Å²) in [6, 6.07) is 1.77. The van der Waals surface area contributed by atoms with Crippen LogP contribution in [0.2, 0.25) is 0 Å². The molecule has 9 nitrogen and oxygen atoms in total. The highest BCUT2D eigenvalue weighted by molar-refractivity contribution is 5.77. The van der Waals surface area contributed by atoms with Crippen molar-refractivity contribution >= 4 is 11.6 Å². The molecule has 0 radical (unpaired) electrons. The Balaban J connectivity index is 1.60. The molecule has 0 saturated carbocycles. The molecule has 0 aromatic carbocycles. The normalized spacial score (nSPS) is 18.1. The molecular weight excluding hydrogens is 358 g/mol. The van der Waals surface area contributed by atoms with Gasteiger partial charge in [-0.1, -0.05) is 6.92 Å². The maximum Gasteiger partial charge on any atom is 0.276 e. The fourth-order valence-electron chi connectivity index (χ4n) is 4.06. The summed E-state index contributed by atoms with van der Waals surface area (Å²) in [5.74, 6) is 0.0786. The van der Waals surface area contributed by atoms with Crippen molar-refractivity contribution < 1.29 is 4.79 Å². The summed E-state index contributed by atoms with van der Waals surface area (Å²) in [6.45, 7) is 6.49. The molecule has 1 aliphatic heterocycles. The van der Waals surface area contributed by atoms with E-state index in [4.69, 9.17) is 0 Å². The van der Waals surface area contributed by atoms with Gasteiger partial charge in [-0.15, -0.1) is 0 Å². The Labute approximate surface area is 162 Å². The molecular formula is C19H25N7O2. The number of nitrogens with zero attached hydrogens (tertiary/aromatic N) is 6. The number of carbonyl (C=O) groups is 1. The summed E-state index contributed by atoms with van der Waals surface area (Å²) in [5, 5.41) is 7.31. The summed E-state index contributed by atoms with van der Waals surface area (Å²) in [6.07, 6.45) is 5.90. The minimum absolute atomic E-state index is 0.0574. The van der Waals surface area contributed by atoms with Crippen LogP contribution in [0.25, 0.3) is 5.65 Å². The largest absolute Gasteiger partial charge is 0.334 e. The molecule has 0 aliphatic carbocycles. The molecule has 3 aromatic heterocycles. The van der Waals surface area contributed by atoms with Crippen molar-refractivity contribution in [1.82, 2.24) is 34.3 Å². The van der Waals surface area contributed by atoms with Crippen molar-refractivity contribution in [2.45, 2.75) is 58.5 Å². The average molecular weight is 383 g/mol. The lowest BCUT2D eigenvalue weighted by Gasteiger charge is -2.25. The first kappa shape index (κ1) is 18.4. The molecule has 1 amide bonds. The number of fused-ring (bicyclic) bond motifs is 1. The van der Waals surface area contributed by atoms with E-state index in [2.05, 4.69) is 20.2 Å². The minimum atomic E-state index is -0.0677. The zero-order valence-corrected chi connectivity index (χ0v) is 16.4. The molecule has 9 heteroatoms. The quantitative estimate of drug-likeness (QED) is 0.724. The van der Waals surface area contributed by atoms with E-state index in [1.165, 1.54) is 10.8 Å². The van der Waals surface area contributed by atoms with Crippen molar-refractivity contribution in [2.75, 3.05) is 6.54 Å². The molecule has 0 spiro atoms. The first-order chi connectivity index (χ1) is 13.5. The molecule has 28 heavy (non-hydrogen) atoms. The molecule has 1 fully saturated rings. The van der Waals surface area contributed by atoms with E-state index in [9.17, 15) is 9.59 Å². The van der Waals surface area contributed by atoms with Crippen LogP contribution < -0.4 is 5.56 Å². The van der Waals surface area contributed by atoms with Gasteiger partial charge in [-0.25, -0.2) is 19.2 Å². The van der Waals surface area contributed by atoms with E-state index >= 15 is 0 Å². The SMILES string of the molecule is CCc1c(C)nc2cc(C3CCCN3C(=O)CC(C)n3cncn3)[nH]n2c1=O. The van der Waals surface area contributed by atoms with Gasteiger partial charge in [0.1, 0.15) is 12.7 Å². The maximum atomic E-state index is 12.9. The molecule has 2 atom stereocenters. The molecule has 148 valence electrons. The number of carbonyl (C=O) groups excluding carboxylic acids is 1. The molecule has 3 aromatic rings. The number of likely N-dealkylation sites (tertiary alicyclic amines) is 1. The van der Waals surface area contributed by atoms with Gasteiger partial charge in [0.25, 0.3) is 5.56 Å². The van der Waals surface area contributed by atoms with Crippen molar-refractivity contribution in [3.63, 3.8) is 0 Å². The number of hydrogen-bond acceptors (Lipinski definition) is 5. The lowest BCUT2D eigenvalue weighted by atomic mass is 10.1. The first-order valence-electron chi connectivity index (χ1n) is 9.74. The van der Waals surface area contributed by atoms with Gasteiger partial charge in [0.15, 0.2) is 5.65 Å². The number of aromatic amines is 1. The van der Waals surface area contributed by atoms with Gasteiger partial charge < -0.3 is 4.90 Å². The second kappa shape index (κ2) is 7.21. The van der Waals surface area contributed by atoms with E-state index in [1.807, 2.05) is 31.7 Å². The van der Waals surface area contributed by atoms with Crippen molar-refractivity contribution in [1.29, 1.82) is 0 Å². The Hall–Kier alpha value is -2.97. The molecule has 2 unspecified atom stereocenters. The third kappa shape index (κ3) is 3.10. The van der Waals surface area contributed by atoms with Crippen LogP contribution in [0.1, 0.15) is 62.1 Å². The van der Waals surface area contributed by atoms with Gasteiger partial charge in [0, 0.05) is 30.3 Å². The smallest absolute Gasteiger partial charge is 0.276 e. The fraction of sp³-hybridized carbons (Fsp3) is 0.526. The third-order valence-corrected chi connectivity index (χ3v) is 5.58. The van der Waals surface area contributed by atoms with E-state index in [0.29, 0.717) is 30.6 Å². The van der Waals surface area contributed by atoms with E-state index < -0.39 is 0 Å². The van der Waals surface area contributed by atoms with Crippen molar-refractivity contribution in [2.24, 2.45) is 0 Å². The highest BCUT2D eigenvalue weighted by Gasteiger charge is 2.32. The van der Waals surface area contributed by atoms with Crippen LogP contribution in [0.5, 0.6) is 0 Å². The average Bonchev–Trinajstić information content (AvgIpc) is 3.41. The van der Waals surface area contributed by atoms with Crippen molar-refractivity contribution in [3.05, 3.63) is 46.0 Å². The Morgan fingerprint density at radius 1 is 1.43 bits per heavy atom. The number of amides is 1. The molecule has 4 rings (SSSR count). The van der Waals surface area contributed by atoms with E-state index in [1.54, 1.807) is 11.0 Å². The summed E-state index contributed by atoms with van der Waals surface area (Å²) in [7, 11) is 0. The second-order valence-electron chi connectivity index (χ2n) is 7.41. The van der Waals surface area contributed by atoms with Crippen LogP contribution >= 0.6 is 0 Å². The van der Waals surface area contributed by atoms with E-state index in [0.717, 1.165) is 24.2 Å². The predicted octanol–water partition coefficient (Wildman–Crippen LogP) is 1.80. The molecule has 1 N–H and O–H groups in total. The number of aromatic nitrogens is 6. The standard InChI is InChI=1S/C19H25N7O2/c1-4-14-13(3)22-17-9-15(23-26(17)19(14)28)16-6-5-7-24(16)18(27)8-12(2)25-11-20-10-21-25/h9-12,16,23H,4-8H2,1-3H3. The van der Waals surface area contributed by atoms with Crippen LogP contribution in [0.3, 0.4) is 0 Å². The van der Waals surface area contributed by atoms with Crippen LogP contribution in [0.4, 0.5) is 0 Å². The van der Waals surface area contributed by atoms with Gasteiger partial charge in [0.2, 0.25) is 5.91 Å². The maximum absolute atomic E-state index is 12.9. The zero-order valence-electron chi connectivity index (χ0n) is 16.4. The number of H-pyrrole nitrogens is 1. The van der Waals surface area contributed by atoms with Crippen molar-refractivity contribution in [3.8, 4) is 0 Å². The van der Waals surface area contributed by atoms with Crippen LogP contribution in [-0.4, -0.2) is 46.7 Å². The highest BCUT2D eigenvalue weighted by Crippen LogP contribution is 2.32. The Morgan fingerprint density at radius 3 is 2.96 bits per heavy atom. The van der Waals surface area contributed by atoms with Crippen LogP contribution in [0.15, 0.2) is 23.5 Å². The lowest BCUT2D eigenvalue weighted by Crippen LogP contribution is -2.32. The van der Waals surface area contributed by atoms with Gasteiger partial charge >= 0.3 is 0 Å². The van der Waals surface area contributed by atoms with Crippen LogP contribution in [0, 0.1) is 6.92 Å². The van der Waals surface area contributed by atoms with Gasteiger partial charge in [-0.3, -0.25) is 14.7 Å². The van der Waals surface area contributed by atoms with Gasteiger partial charge in [-0.2, -0.15) is 5.10 Å². The van der Waals surface area contributed by atoms with Gasteiger partial charge in [-0.05, 0) is 33.1 Å². The monoisotopic (exact) mass is 383 g/mol. The van der Waals surface area contributed by atoms with E-state index in [-0.39, 0.29) is 23.6 Å². The van der Waals surface area contributed by atoms with Gasteiger partial charge in [0.05, 0.1) is 17.8 Å². The van der Waals surface area contributed by atoms with Crippen LogP contribution in [-0.2, 0) is 11.2 Å². The zero-order chi connectivity index (χ0) is 19.8. The number of hydrogen-bond donors (Lipinski definition) is 1. The number of nitrogens with one attached hydrogen (secondary N) is 1. The second-order valence-corrected chi connectivity index (χ2v) is 7.41. The summed E-state index contributed by atoms with van der Waals surface area (Å²) < 4.78 is 3.20. The molecule has 4 heterocycles. The topological polar surface area (TPSA) is 101 Å². The third-order valence-electron chi connectivity index (χ3n) is 5.58. The highest BCUT2D eigenvalue weighted by atomic mass is 16.2. The summed E-state index contributed by atoms with van der Waals surface area (Å²) >= 11 is 0. The predicted molar refractivity (Wildman–Crippen MR) is 103 cm³/mol. The Bertz CT molecular complexity index is 1050. The number of rotatable bonds is 5. The first-order valence-corrected chi connectivity index (χ1v) is 9.74. The summed E-state index contributed by atoms with van der Waals surface area (Å²) in [5.41, 5.74) is 2.87. The Morgan fingerprint density at radius 2 is 2.25 bits per heavy atom. The molecule has 1 saturated heterocycles. The number of aryl methyl sites for hydroxylation is 1. The molecule has 1 aliphatic rings. The lowest BCUT2D eigenvalue weighted by molar-refractivity contribution is -0.133. The fourth-order valence-corrected chi connectivity index (χ4v) is 4.06. The molecule has 0 bridgehead atoms. The summed E-state index contributed by atoms with van der Waals surface area (Å²) in [4.78, 5) is 36.0.